The van der Waals surface area contributed by atoms with Gasteiger partial charge in [0, 0.05) is 12.6 Å². The highest BCUT2D eigenvalue weighted by Gasteiger charge is 2.11. The zero-order valence-corrected chi connectivity index (χ0v) is 11.2. The first-order chi connectivity index (χ1) is 10.2. The Hall–Kier alpha value is -3.20. The molecule has 1 heterocycles. The normalized spacial score (nSPS) is 9.48. The predicted molar refractivity (Wildman–Crippen MR) is 79.8 cm³/mol. The van der Waals surface area contributed by atoms with E-state index in [0.717, 1.165) is 0 Å². The molecule has 2 N–H and O–H groups in total. The topological polar surface area (TPSA) is 90.7 Å². The highest BCUT2D eigenvalue weighted by molar-refractivity contribution is 6.03. The molecular formula is C15H13N5O. The lowest BCUT2D eigenvalue weighted by molar-refractivity contribution is 0.102. The van der Waals surface area contributed by atoms with E-state index in [0.29, 0.717) is 23.6 Å². The summed E-state index contributed by atoms with van der Waals surface area (Å²) >= 11 is 0. The number of nitriles is 1. The first kappa shape index (κ1) is 14.2. The van der Waals surface area contributed by atoms with Crippen LogP contribution in [0.5, 0.6) is 0 Å². The number of benzene rings is 1. The molecule has 0 atom stereocenters. The van der Waals surface area contributed by atoms with Crippen molar-refractivity contribution in [2.75, 3.05) is 17.2 Å². The maximum Gasteiger partial charge on any atom is 0.274 e. The van der Waals surface area contributed by atoms with E-state index in [9.17, 15) is 4.79 Å². The minimum Gasteiger partial charge on any atom is -0.366 e. The number of hydrogen-bond donors (Lipinski definition) is 2. The summed E-state index contributed by atoms with van der Waals surface area (Å²) in [6.45, 7) is 4.13. The Morgan fingerprint density at radius 3 is 2.95 bits per heavy atom. The molecule has 0 spiro atoms. The number of nitrogens with zero attached hydrogens (tertiary/aromatic N) is 3. The Labute approximate surface area is 122 Å². The molecule has 1 aromatic carbocycles. The Kier molecular flexibility index (Phi) is 4.62. The smallest absolute Gasteiger partial charge is 0.274 e. The van der Waals surface area contributed by atoms with Crippen molar-refractivity contribution in [2.45, 2.75) is 0 Å². The third kappa shape index (κ3) is 3.64. The number of rotatable bonds is 5. The van der Waals surface area contributed by atoms with Crippen molar-refractivity contribution in [1.82, 2.24) is 9.97 Å². The van der Waals surface area contributed by atoms with Gasteiger partial charge < -0.3 is 10.6 Å². The van der Waals surface area contributed by atoms with Gasteiger partial charge in [-0.1, -0.05) is 18.2 Å². The molecule has 21 heavy (non-hydrogen) atoms. The van der Waals surface area contributed by atoms with Crippen molar-refractivity contribution in [2.24, 2.45) is 0 Å². The van der Waals surface area contributed by atoms with Crippen LogP contribution in [0.15, 0.2) is 49.3 Å². The molecule has 2 aromatic rings. The molecule has 0 radical (unpaired) electrons. The molecule has 0 aliphatic carbocycles. The minimum absolute atomic E-state index is 0.212. The van der Waals surface area contributed by atoms with Crippen molar-refractivity contribution in [1.29, 1.82) is 5.26 Å². The van der Waals surface area contributed by atoms with Gasteiger partial charge in [0.2, 0.25) is 0 Å². The van der Waals surface area contributed by atoms with Crippen molar-refractivity contribution >= 4 is 17.4 Å². The zero-order valence-electron chi connectivity index (χ0n) is 11.2. The van der Waals surface area contributed by atoms with E-state index in [-0.39, 0.29) is 5.69 Å². The average molecular weight is 279 g/mol. The number of aromatic nitrogens is 2. The summed E-state index contributed by atoms with van der Waals surface area (Å²) in [5.41, 5.74) is 1.05. The van der Waals surface area contributed by atoms with Crippen LogP contribution in [-0.4, -0.2) is 22.4 Å². The number of hydrogen-bond acceptors (Lipinski definition) is 5. The number of amides is 1. The molecule has 104 valence electrons. The van der Waals surface area contributed by atoms with E-state index in [1.807, 2.05) is 6.07 Å². The third-order valence-corrected chi connectivity index (χ3v) is 2.62. The van der Waals surface area contributed by atoms with Crippen molar-refractivity contribution < 1.29 is 4.79 Å². The summed E-state index contributed by atoms with van der Waals surface area (Å²) in [5.74, 6) is 0.130. The molecule has 0 saturated carbocycles. The molecule has 6 heteroatoms. The second kappa shape index (κ2) is 6.82. The van der Waals surface area contributed by atoms with Gasteiger partial charge in [-0.05, 0) is 12.1 Å². The molecule has 0 fully saturated rings. The number of para-hydroxylation sites is 1. The van der Waals surface area contributed by atoms with E-state index >= 15 is 0 Å². The zero-order chi connectivity index (χ0) is 15.1. The van der Waals surface area contributed by atoms with E-state index in [4.69, 9.17) is 5.26 Å². The summed E-state index contributed by atoms with van der Waals surface area (Å²) in [7, 11) is 0. The minimum atomic E-state index is -0.401. The van der Waals surface area contributed by atoms with Crippen LogP contribution < -0.4 is 10.6 Å². The van der Waals surface area contributed by atoms with Crippen LogP contribution in [0.1, 0.15) is 16.1 Å². The van der Waals surface area contributed by atoms with Crippen LogP contribution >= 0.6 is 0 Å². The lowest BCUT2D eigenvalue weighted by atomic mass is 10.2. The van der Waals surface area contributed by atoms with Crippen molar-refractivity contribution in [3.8, 4) is 6.07 Å². The third-order valence-electron chi connectivity index (χ3n) is 2.62. The molecule has 1 amide bonds. The van der Waals surface area contributed by atoms with Crippen LogP contribution in [0.2, 0.25) is 0 Å². The highest BCUT2D eigenvalue weighted by atomic mass is 16.1. The van der Waals surface area contributed by atoms with Gasteiger partial charge in [-0.3, -0.25) is 4.79 Å². The first-order valence-corrected chi connectivity index (χ1v) is 6.22. The molecule has 0 saturated heterocycles. The quantitative estimate of drug-likeness (QED) is 0.819. The van der Waals surface area contributed by atoms with Crippen LogP contribution in [0.25, 0.3) is 0 Å². The molecule has 2 rings (SSSR count). The fraction of sp³-hybridized carbons (Fsp3) is 0.0667. The van der Waals surface area contributed by atoms with Crippen molar-refractivity contribution in [3.63, 3.8) is 0 Å². The van der Waals surface area contributed by atoms with Gasteiger partial charge in [0.25, 0.3) is 5.91 Å². The molecule has 0 unspecified atom stereocenters. The molecule has 0 bridgehead atoms. The Balaban J connectivity index is 2.17. The van der Waals surface area contributed by atoms with Gasteiger partial charge in [0.05, 0.1) is 11.3 Å². The van der Waals surface area contributed by atoms with Crippen LogP contribution in [0.3, 0.4) is 0 Å². The van der Waals surface area contributed by atoms with Crippen LogP contribution in [0, 0.1) is 11.3 Å². The fourth-order valence-corrected chi connectivity index (χ4v) is 1.63. The molecule has 1 aromatic heterocycles. The van der Waals surface area contributed by atoms with Crippen molar-refractivity contribution in [3.05, 3.63) is 60.6 Å². The van der Waals surface area contributed by atoms with Gasteiger partial charge in [-0.15, -0.1) is 6.58 Å². The summed E-state index contributed by atoms with van der Waals surface area (Å²) in [6, 6.07) is 10.3. The lowest BCUT2D eigenvalue weighted by Gasteiger charge is -2.07. The molecular weight excluding hydrogens is 266 g/mol. The Morgan fingerprint density at radius 2 is 2.19 bits per heavy atom. The molecule has 0 aliphatic rings. The Bertz CT molecular complexity index is 705. The lowest BCUT2D eigenvalue weighted by Crippen LogP contribution is -2.15. The van der Waals surface area contributed by atoms with Crippen LogP contribution in [-0.2, 0) is 0 Å². The van der Waals surface area contributed by atoms with Gasteiger partial charge in [-0.25, -0.2) is 9.97 Å². The summed E-state index contributed by atoms with van der Waals surface area (Å²) < 4.78 is 0. The summed E-state index contributed by atoms with van der Waals surface area (Å²) in [6.07, 6.45) is 2.99. The predicted octanol–water partition coefficient (Wildman–Crippen LogP) is 2.20. The summed E-state index contributed by atoms with van der Waals surface area (Å²) in [5, 5.41) is 14.6. The Morgan fingerprint density at radius 1 is 1.38 bits per heavy atom. The second-order valence-corrected chi connectivity index (χ2v) is 4.07. The maximum atomic E-state index is 12.1. The SMILES string of the molecule is C=CCNc1cc(C(=O)Nc2ccccc2C#N)ncn1. The van der Waals surface area contributed by atoms with E-state index < -0.39 is 5.91 Å². The number of carbonyl (C=O) groups excluding carboxylic acids is 1. The van der Waals surface area contributed by atoms with E-state index in [1.165, 1.54) is 12.4 Å². The molecule has 0 aliphatic heterocycles. The fourth-order valence-electron chi connectivity index (χ4n) is 1.63. The number of nitrogens with one attached hydrogen (secondary N) is 2. The highest BCUT2D eigenvalue weighted by Crippen LogP contribution is 2.15. The van der Waals surface area contributed by atoms with Gasteiger partial charge in [-0.2, -0.15) is 5.26 Å². The van der Waals surface area contributed by atoms with Gasteiger partial charge in [0.1, 0.15) is 23.9 Å². The van der Waals surface area contributed by atoms with E-state index in [1.54, 1.807) is 30.3 Å². The number of carbonyl (C=O) groups is 1. The van der Waals surface area contributed by atoms with Gasteiger partial charge >= 0.3 is 0 Å². The second-order valence-electron chi connectivity index (χ2n) is 4.07. The number of anilines is 2. The largest absolute Gasteiger partial charge is 0.366 e. The standard InChI is InChI=1S/C15H13N5O/c1-2-7-17-14-8-13(18-10-19-14)15(21)20-12-6-4-3-5-11(12)9-16/h2-6,8,10H,1,7H2,(H,20,21)(H,17,18,19). The first-order valence-electron chi connectivity index (χ1n) is 6.22. The average Bonchev–Trinajstić information content (AvgIpc) is 2.53. The van der Waals surface area contributed by atoms with Gasteiger partial charge in [0.15, 0.2) is 0 Å². The monoisotopic (exact) mass is 279 g/mol. The van der Waals surface area contributed by atoms with Crippen LogP contribution in [0.4, 0.5) is 11.5 Å². The molecule has 6 nitrogen and oxygen atoms in total. The summed E-state index contributed by atoms with van der Waals surface area (Å²) in [4.78, 5) is 20.1. The maximum absolute atomic E-state index is 12.1. The van der Waals surface area contributed by atoms with E-state index in [2.05, 4.69) is 27.2 Å².